The average molecular weight is 835 g/mol. The molecule has 0 aromatic heterocycles. The summed E-state index contributed by atoms with van der Waals surface area (Å²) in [5.74, 6) is -2.32. The Morgan fingerprint density at radius 2 is 0.517 bits per heavy atom. The molecule has 0 atom stereocenters. The van der Waals surface area contributed by atoms with Crippen molar-refractivity contribution in [3.8, 4) is 11.1 Å². The van der Waals surface area contributed by atoms with E-state index in [4.69, 9.17) is 18.9 Å². The van der Waals surface area contributed by atoms with Crippen LogP contribution in [0.4, 0.5) is 0 Å². The quantitative estimate of drug-likeness (QED) is 0.0376. The van der Waals surface area contributed by atoms with Crippen LogP contribution in [0.5, 0.6) is 0 Å². The second-order valence-corrected chi connectivity index (χ2v) is 16.5. The van der Waals surface area contributed by atoms with Crippen LogP contribution in [0, 0.1) is 0 Å². The number of ether oxygens (including phenoxy) is 4. The van der Waals surface area contributed by atoms with E-state index < -0.39 is 23.9 Å². The molecule has 338 valence electrons. The lowest BCUT2D eigenvalue weighted by Crippen LogP contribution is -2.16. The summed E-state index contributed by atoms with van der Waals surface area (Å²) in [6.07, 6.45) is 30.6. The number of esters is 4. The summed E-state index contributed by atoms with van der Waals surface area (Å²) in [4.78, 5) is 54.1. The van der Waals surface area contributed by atoms with Crippen molar-refractivity contribution in [1.29, 1.82) is 0 Å². The molecule has 0 unspecified atom stereocenters. The molecule has 60 heavy (non-hydrogen) atoms. The van der Waals surface area contributed by atoms with Gasteiger partial charge in [-0.25, -0.2) is 19.2 Å². The van der Waals surface area contributed by atoms with Crippen molar-refractivity contribution in [3.05, 3.63) is 58.7 Å². The maximum absolute atomic E-state index is 13.6. The fraction of sp³-hybridized carbons (Fsp3) is 0.692. The van der Waals surface area contributed by atoms with E-state index in [2.05, 4.69) is 27.7 Å². The van der Waals surface area contributed by atoms with Crippen LogP contribution < -0.4 is 0 Å². The molecule has 0 N–H and O–H groups in total. The summed E-state index contributed by atoms with van der Waals surface area (Å²) < 4.78 is 22.8. The van der Waals surface area contributed by atoms with E-state index in [1.54, 1.807) is 36.4 Å². The van der Waals surface area contributed by atoms with Crippen molar-refractivity contribution >= 4 is 23.9 Å². The summed E-state index contributed by atoms with van der Waals surface area (Å²) in [7, 11) is 0. The van der Waals surface area contributed by atoms with E-state index in [0.717, 1.165) is 77.0 Å². The fourth-order valence-corrected chi connectivity index (χ4v) is 7.35. The summed E-state index contributed by atoms with van der Waals surface area (Å²) in [6.45, 7) is 9.87. The van der Waals surface area contributed by atoms with Crippen LogP contribution in [0.2, 0.25) is 0 Å². The van der Waals surface area contributed by atoms with Gasteiger partial charge in [-0.3, -0.25) is 0 Å². The third kappa shape index (κ3) is 22.8. The van der Waals surface area contributed by atoms with Gasteiger partial charge in [0.25, 0.3) is 0 Å². The first kappa shape index (κ1) is 52.5. The molecule has 0 saturated heterocycles. The standard InChI is InChI=1S/C52H82O8/c1-5-9-13-17-21-25-29-37-57-49(53)45-35-33-43(41-47(45)51(55)59-39-31-27-23-19-15-11-7-3)44-34-36-46(50(54)58-38-30-26-22-18-14-10-6-2)48(42-44)52(56)60-40-32-28-24-20-16-12-8-4/h33-36,41-42H,5-32,37-40H2,1-4H3. The first-order valence-electron chi connectivity index (χ1n) is 24.3. The molecular formula is C52H82O8. The third-order valence-corrected chi connectivity index (χ3v) is 11.2. The van der Waals surface area contributed by atoms with Crippen molar-refractivity contribution in [3.63, 3.8) is 0 Å². The van der Waals surface area contributed by atoms with Crippen molar-refractivity contribution in [2.24, 2.45) is 0 Å². The fourth-order valence-electron chi connectivity index (χ4n) is 7.35. The Bertz CT molecular complexity index is 1360. The first-order valence-corrected chi connectivity index (χ1v) is 24.3. The van der Waals surface area contributed by atoms with Gasteiger partial charge in [-0.1, -0.05) is 194 Å². The van der Waals surface area contributed by atoms with Crippen LogP contribution >= 0.6 is 0 Å². The lowest BCUT2D eigenvalue weighted by atomic mass is 9.95. The van der Waals surface area contributed by atoms with Crippen LogP contribution in [0.3, 0.4) is 0 Å². The lowest BCUT2D eigenvalue weighted by molar-refractivity contribution is 0.0450. The van der Waals surface area contributed by atoms with Gasteiger partial charge in [-0.05, 0) is 61.1 Å². The van der Waals surface area contributed by atoms with Gasteiger partial charge in [-0.15, -0.1) is 0 Å². The Labute approximate surface area is 364 Å². The Balaban J connectivity index is 2.28. The maximum Gasteiger partial charge on any atom is 0.339 e. The molecule has 8 heteroatoms. The van der Waals surface area contributed by atoms with Gasteiger partial charge in [0.05, 0.1) is 48.7 Å². The molecule has 0 fully saturated rings. The molecule has 8 nitrogen and oxygen atoms in total. The number of carbonyl (C=O) groups excluding carboxylic acids is 4. The highest BCUT2D eigenvalue weighted by molar-refractivity contribution is 6.06. The van der Waals surface area contributed by atoms with E-state index in [1.807, 2.05) is 0 Å². The SMILES string of the molecule is CCCCCCCCCOC(=O)c1ccc(-c2ccc(C(=O)OCCCCCCCCC)c(C(=O)OCCCCCCCCC)c2)cc1C(=O)OCCCCCCCCC. The molecule has 0 heterocycles. The van der Waals surface area contributed by atoms with Crippen molar-refractivity contribution < 1.29 is 38.1 Å². The predicted molar refractivity (Wildman–Crippen MR) is 245 cm³/mol. The van der Waals surface area contributed by atoms with Crippen LogP contribution in [0.25, 0.3) is 11.1 Å². The number of rotatable bonds is 37. The van der Waals surface area contributed by atoms with E-state index in [-0.39, 0.29) is 48.7 Å². The summed E-state index contributed by atoms with van der Waals surface area (Å²) >= 11 is 0. The Hall–Kier alpha value is -3.68. The topological polar surface area (TPSA) is 105 Å². The van der Waals surface area contributed by atoms with Crippen LogP contribution in [0.1, 0.15) is 249 Å². The highest BCUT2D eigenvalue weighted by Gasteiger charge is 2.24. The van der Waals surface area contributed by atoms with Crippen LogP contribution in [0.15, 0.2) is 36.4 Å². The van der Waals surface area contributed by atoms with Gasteiger partial charge in [0.15, 0.2) is 0 Å². The molecule has 2 aromatic rings. The molecule has 0 spiro atoms. The molecule has 0 saturated carbocycles. The Morgan fingerprint density at radius 1 is 0.300 bits per heavy atom. The highest BCUT2D eigenvalue weighted by Crippen LogP contribution is 2.28. The van der Waals surface area contributed by atoms with Gasteiger partial charge in [0.1, 0.15) is 0 Å². The largest absolute Gasteiger partial charge is 0.462 e. The molecule has 2 aromatic carbocycles. The smallest absolute Gasteiger partial charge is 0.339 e. The molecule has 0 aliphatic rings. The molecule has 0 aliphatic carbocycles. The molecule has 2 rings (SSSR count). The predicted octanol–water partition coefficient (Wildman–Crippen LogP) is 15.0. The normalized spacial score (nSPS) is 11.1. The number of hydrogen-bond acceptors (Lipinski definition) is 8. The second-order valence-electron chi connectivity index (χ2n) is 16.5. The molecule has 0 amide bonds. The van der Waals surface area contributed by atoms with Gasteiger partial charge < -0.3 is 18.9 Å². The van der Waals surface area contributed by atoms with Gasteiger partial charge in [0, 0.05) is 0 Å². The first-order chi connectivity index (χ1) is 29.4. The van der Waals surface area contributed by atoms with Gasteiger partial charge in [0.2, 0.25) is 0 Å². The molecule has 0 aliphatic heterocycles. The van der Waals surface area contributed by atoms with E-state index in [1.165, 1.54) is 103 Å². The third-order valence-electron chi connectivity index (χ3n) is 11.2. The zero-order valence-electron chi connectivity index (χ0n) is 38.4. The van der Waals surface area contributed by atoms with Crippen molar-refractivity contribution in [1.82, 2.24) is 0 Å². The van der Waals surface area contributed by atoms with Gasteiger partial charge in [-0.2, -0.15) is 0 Å². The number of hydrogen-bond donors (Lipinski definition) is 0. The summed E-state index contributed by atoms with van der Waals surface area (Å²) in [6, 6.07) is 9.90. The monoisotopic (exact) mass is 835 g/mol. The molecular weight excluding hydrogens is 753 g/mol. The van der Waals surface area contributed by atoms with Gasteiger partial charge >= 0.3 is 23.9 Å². The van der Waals surface area contributed by atoms with E-state index in [9.17, 15) is 19.2 Å². The van der Waals surface area contributed by atoms with Crippen LogP contribution in [-0.4, -0.2) is 50.3 Å². The minimum Gasteiger partial charge on any atom is -0.462 e. The summed E-state index contributed by atoms with van der Waals surface area (Å²) in [5, 5.41) is 0. The average Bonchev–Trinajstić information content (AvgIpc) is 3.26. The minimum absolute atomic E-state index is 0.112. The number of unbranched alkanes of at least 4 members (excludes halogenated alkanes) is 24. The maximum atomic E-state index is 13.6. The summed E-state index contributed by atoms with van der Waals surface area (Å²) in [5.41, 5.74) is 1.69. The number of carbonyl (C=O) groups is 4. The van der Waals surface area contributed by atoms with Crippen molar-refractivity contribution in [2.75, 3.05) is 26.4 Å². The van der Waals surface area contributed by atoms with E-state index >= 15 is 0 Å². The Kier molecular flexibility index (Phi) is 30.6. The zero-order chi connectivity index (χ0) is 43.5. The second kappa shape index (κ2) is 35.0. The highest BCUT2D eigenvalue weighted by atomic mass is 16.5. The molecule has 0 bridgehead atoms. The van der Waals surface area contributed by atoms with Crippen LogP contribution in [-0.2, 0) is 18.9 Å². The van der Waals surface area contributed by atoms with Crippen molar-refractivity contribution in [2.45, 2.75) is 207 Å². The molecule has 0 radical (unpaired) electrons. The lowest BCUT2D eigenvalue weighted by Gasteiger charge is -2.14. The Morgan fingerprint density at radius 3 is 0.767 bits per heavy atom. The zero-order valence-corrected chi connectivity index (χ0v) is 38.4. The minimum atomic E-state index is -0.592. The van der Waals surface area contributed by atoms with E-state index in [0.29, 0.717) is 11.1 Å². The number of benzene rings is 2.